The molecule has 22 heavy (non-hydrogen) atoms. The minimum Gasteiger partial charge on any atom is -0.495 e. The molecule has 1 aliphatic carbocycles. The first-order chi connectivity index (χ1) is 10.6. The van der Waals surface area contributed by atoms with E-state index in [-0.39, 0.29) is 17.8 Å². The van der Waals surface area contributed by atoms with Crippen LogP contribution in [0.4, 0.5) is 5.69 Å². The van der Waals surface area contributed by atoms with E-state index in [1.807, 2.05) is 12.1 Å². The molecule has 1 amide bonds. The van der Waals surface area contributed by atoms with Crippen LogP contribution in [0.3, 0.4) is 0 Å². The summed E-state index contributed by atoms with van der Waals surface area (Å²) >= 11 is 0. The standard InChI is InChI=1S/C17H21NO4/c1-12(22-16(19)11-13-7-3-4-8-13)17(20)18-14-9-5-6-10-15(14)21-2/h3,5-7,9-10,12-13H,4,8,11H2,1-2H3,(H,18,20)/t12-,13-/m0/s1. The number of esters is 1. The molecule has 0 bridgehead atoms. The first-order valence-electron chi connectivity index (χ1n) is 7.40. The van der Waals surface area contributed by atoms with Crippen molar-refractivity contribution in [2.24, 2.45) is 5.92 Å². The molecule has 2 rings (SSSR count). The number of hydrogen-bond donors (Lipinski definition) is 1. The number of hydrogen-bond acceptors (Lipinski definition) is 4. The number of nitrogens with one attached hydrogen (secondary N) is 1. The van der Waals surface area contributed by atoms with Crippen molar-refractivity contribution < 1.29 is 19.1 Å². The highest BCUT2D eigenvalue weighted by Crippen LogP contribution is 2.24. The number of methoxy groups -OCH3 is 1. The lowest BCUT2D eigenvalue weighted by Gasteiger charge is -2.16. The van der Waals surface area contributed by atoms with E-state index >= 15 is 0 Å². The quantitative estimate of drug-likeness (QED) is 0.648. The van der Waals surface area contributed by atoms with Crippen LogP contribution in [0.5, 0.6) is 5.75 Å². The predicted octanol–water partition coefficient (Wildman–Crippen LogP) is 2.92. The SMILES string of the molecule is COc1ccccc1NC(=O)[C@H](C)OC(=O)C[C@H]1C=CCC1. The van der Waals surface area contributed by atoms with Gasteiger partial charge in [0.15, 0.2) is 6.10 Å². The van der Waals surface area contributed by atoms with E-state index in [1.54, 1.807) is 25.1 Å². The summed E-state index contributed by atoms with van der Waals surface area (Å²) in [6.07, 6.45) is 5.54. The molecule has 0 radical (unpaired) electrons. The molecule has 0 saturated carbocycles. The fourth-order valence-electron chi connectivity index (χ4n) is 2.36. The summed E-state index contributed by atoms with van der Waals surface area (Å²) in [5.41, 5.74) is 0.552. The monoisotopic (exact) mass is 303 g/mol. The van der Waals surface area contributed by atoms with Crippen molar-refractivity contribution in [3.05, 3.63) is 36.4 Å². The summed E-state index contributed by atoms with van der Waals surface area (Å²) in [7, 11) is 1.53. The Morgan fingerprint density at radius 3 is 2.82 bits per heavy atom. The molecular formula is C17H21NO4. The van der Waals surface area contributed by atoms with Gasteiger partial charge >= 0.3 is 5.97 Å². The zero-order valence-corrected chi connectivity index (χ0v) is 12.9. The third-order valence-electron chi connectivity index (χ3n) is 3.58. The van der Waals surface area contributed by atoms with Gasteiger partial charge in [-0.05, 0) is 37.8 Å². The Bertz CT molecular complexity index is 568. The Balaban J connectivity index is 1.86. The average molecular weight is 303 g/mol. The van der Waals surface area contributed by atoms with Crippen molar-refractivity contribution in [3.63, 3.8) is 0 Å². The van der Waals surface area contributed by atoms with Gasteiger partial charge in [-0.15, -0.1) is 0 Å². The number of para-hydroxylation sites is 2. The van der Waals surface area contributed by atoms with E-state index in [0.29, 0.717) is 17.9 Å². The van der Waals surface area contributed by atoms with E-state index in [9.17, 15) is 9.59 Å². The molecule has 1 aromatic carbocycles. The molecule has 118 valence electrons. The lowest BCUT2D eigenvalue weighted by atomic mass is 10.1. The van der Waals surface area contributed by atoms with E-state index in [4.69, 9.17) is 9.47 Å². The lowest BCUT2D eigenvalue weighted by molar-refractivity contribution is -0.153. The maximum atomic E-state index is 12.1. The molecule has 0 saturated heterocycles. The van der Waals surface area contributed by atoms with Crippen molar-refractivity contribution in [1.82, 2.24) is 0 Å². The highest BCUT2D eigenvalue weighted by molar-refractivity contribution is 5.96. The van der Waals surface area contributed by atoms with Gasteiger partial charge in [0.1, 0.15) is 5.75 Å². The van der Waals surface area contributed by atoms with Crippen molar-refractivity contribution in [2.75, 3.05) is 12.4 Å². The third kappa shape index (κ3) is 4.35. The van der Waals surface area contributed by atoms with Crippen molar-refractivity contribution in [1.29, 1.82) is 0 Å². The summed E-state index contributed by atoms with van der Waals surface area (Å²) in [5, 5.41) is 2.71. The first-order valence-corrected chi connectivity index (χ1v) is 7.40. The largest absolute Gasteiger partial charge is 0.495 e. The number of amides is 1. The van der Waals surface area contributed by atoms with E-state index in [2.05, 4.69) is 11.4 Å². The highest BCUT2D eigenvalue weighted by Gasteiger charge is 2.21. The summed E-state index contributed by atoms with van der Waals surface area (Å²) in [5.74, 6) is 0.0708. The molecular weight excluding hydrogens is 282 g/mol. The van der Waals surface area contributed by atoms with Crippen LogP contribution in [0.25, 0.3) is 0 Å². The van der Waals surface area contributed by atoms with Crippen LogP contribution in [0.2, 0.25) is 0 Å². The summed E-state index contributed by atoms with van der Waals surface area (Å²) in [4.78, 5) is 23.9. The van der Waals surface area contributed by atoms with Gasteiger partial charge in [0.2, 0.25) is 0 Å². The maximum Gasteiger partial charge on any atom is 0.307 e. The maximum absolute atomic E-state index is 12.1. The van der Waals surface area contributed by atoms with Gasteiger partial charge in [-0.1, -0.05) is 24.3 Å². The molecule has 0 unspecified atom stereocenters. The summed E-state index contributed by atoms with van der Waals surface area (Å²) in [6.45, 7) is 1.56. The van der Waals surface area contributed by atoms with Crippen molar-refractivity contribution in [2.45, 2.75) is 32.3 Å². The van der Waals surface area contributed by atoms with Crippen LogP contribution in [0.15, 0.2) is 36.4 Å². The second-order valence-corrected chi connectivity index (χ2v) is 5.29. The molecule has 1 N–H and O–H groups in total. The molecule has 0 spiro atoms. The molecule has 0 fully saturated rings. The van der Waals surface area contributed by atoms with Crippen molar-refractivity contribution in [3.8, 4) is 5.75 Å². The first kappa shape index (κ1) is 16.1. The number of benzene rings is 1. The number of anilines is 1. The second-order valence-electron chi connectivity index (χ2n) is 5.29. The molecule has 0 aliphatic heterocycles. The smallest absolute Gasteiger partial charge is 0.307 e. The van der Waals surface area contributed by atoms with Gasteiger partial charge in [0.25, 0.3) is 5.91 Å². The summed E-state index contributed by atoms with van der Waals surface area (Å²) in [6, 6.07) is 7.08. The van der Waals surface area contributed by atoms with Gasteiger partial charge in [-0.2, -0.15) is 0 Å². The Morgan fingerprint density at radius 2 is 2.14 bits per heavy atom. The van der Waals surface area contributed by atoms with Gasteiger partial charge in [0, 0.05) is 0 Å². The minimum atomic E-state index is -0.845. The number of carbonyl (C=O) groups is 2. The number of carbonyl (C=O) groups excluding carboxylic acids is 2. The number of rotatable bonds is 6. The molecule has 1 aliphatic rings. The number of ether oxygens (including phenoxy) is 2. The van der Waals surface area contributed by atoms with E-state index in [1.165, 1.54) is 7.11 Å². The zero-order valence-electron chi connectivity index (χ0n) is 12.9. The molecule has 0 heterocycles. The fraction of sp³-hybridized carbons (Fsp3) is 0.412. The van der Waals surface area contributed by atoms with Gasteiger partial charge < -0.3 is 14.8 Å². The van der Waals surface area contributed by atoms with Gasteiger partial charge in [-0.3, -0.25) is 9.59 Å². The molecule has 0 aromatic heterocycles. The minimum absolute atomic E-state index is 0.233. The van der Waals surface area contributed by atoms with Crippen LogP contribution in [0, 0.1) is 5.92 Å². The molecule has 5 heteroatoms. The van der Waals surface area contributed by atoms with Crippen molar-refractivity contribution >= 4 is 17.6 Å². The zero-order chi connectivity index (χ0) is 15.9. The average Bonchev–Trinajstić information content (AvgIpc) is 3.00. The molecule has 2 atom stereocenters. The predicted molar refractivity (Wildman–Crippen MR) is 83.7 cm³/mol. The number of allylic oxidation sites excluding steroid dienone is 2. The Kier molecular flexibility index (Phi) is 5.58. The van der Waals surface area contributed by atoms with E-state index in [0.717, 1.165) is 12.8 Å². The van der Waals surface area contributed by atoms with Crippen LogP contribution in [0.1, 0.15) is 26.2 Å². The van der Waals surface area contributed by atoms with Crippen LogP contribution >= 0.6 is 0 Å². The highest BCUT2D eigenvalue weighted by atomic mass is 16.5. The Hall–Kier alpha value is -2.30. The fourth-order valence-corrected chi connectivity index (χ4v) is 2.36. The Morgan fingerprint density at radius 1 is 1.36 bits per heavy atom. The van der Waals surface area contributed by atoms with E-state index < -0.39 is 6.10 Å². The van der Waals surface area contributed by atoms with Crippen LogP contribution in [-0.2, 0) is 14.3 Å². The normalized spacial score (nSPS) is 17.8. The van der Waals surface area contributed by atoms with Crippen LogP contribution < -0.4 is 10.1 Å². The van der Waals surface area contributed by atoms with Crippen LogP contribution in [-0.4, -0.2) is 25.1 Å². The second kappa shape index (κ2) is 7.64. The summed E-state index contributed by atoms with van der Waals surface area (Å²) < 4.78 is 10.4. The lowest BCUT2D eigenvalue weighted by Crippen LogP contribution is -2.30. The third-order valence-corrected chi connectivity index (χ3v) is 3.58. The van der Waals surface area contributed by atoms with Gasteiger partial charge in [-0.25, -0.2) is 0 Å². The van der Waals surface area contributed by atoms with Gasteiger partial charge in [0.05, 0.1) is 19.2 Å². The Labute approximate surface area is 130 Å². The molecule has 5 nitrogen and oxygen atoms in total. The molecule has 1 aromatic rings. The topological polar surface area (TPSA) is 64.6 Å².